The highest BCUT2D eigenvalue weighted by molar-refractivity contribution is 5.47. The van der Waals surface area contributed by atoms with Crippen molar-refractivity contribution >= 4 is 5.82 Å². The van der Waals surface area contributed by atoms with E-state index in [4.69, 9.17) is 5.73 Å². The zero-order valence-electron chi connectivity index (χ0n) is 6.96. The van der Waals surface area contributed by atoms with Gasteiger partial charge < -0.3 is 5.73 Å². The fourth-order valence-electron chi connectivity index (χ4n) is 1.57. The Hall–Kier alpha value is -0.990. The highest BCUT2D eigenvalue weighted by atomic mass is 15.3. The maximum atomic E-state index is 5.84. The van der Waals surface area contributed by atoms with Crippen LogP contribution < -0.4 is 5.73 Å². The molecule has 0 radical (unpaired) electrons. The average Bonchev–Trinajstić information content (AvgIpc) is 2.68. The van der Waals surface area contributed by atoms with Gasteiger partial charge in [0.2, 0.25) is 0 Å². The molecule has 0 saturated heterocycles. The second kappa shape index (κ2) is 2.00. The minimum absolute atomic E-state index is 0.712. The van der Waals surface area contributed by atoms with Crippen molar-refractivity contribution < 1.29 is 0 Å². The molecule has 1 aromatic rings. The fourth-order valence-corrected chi connectivity index (χ4v) is 1.57. The van der Waals surface area contributed by atoms with Gasteiger partial charge in [0.1, 0.15) is 5.82 Å². The van der Waals surface area contributed by atoms with Crippen LogP contribution in [0.1, 0.15) is 30.0 Å². The summed E-state index contributed by atoms with van der Waals surface area (Å²) in [6, 6.07) is 0. The van der Waals surface area contributed by atoms with Crippen molar-refractivity contribution in [3.63, 3.8) is 0 Å². The third-order valence-corrected chi connectivity index (χ3v) is 2.30. The number of anilines is 1. The number of nitrogens with two attached hydrogens (primary N) is 1. The topological polar surface area (TPSA) is 43.8 Å². The number of hydrogen-bond acceptors (Lipinski definition) is 2. The van der Waals surface area contributed by atoms with E-state index in [1.165, 1.54) is 18.4 Å². The van der Waals surface area contributed by atoms with Crippen LogP contribution in [0.15, 0.2) is 0 Å². The van der Waals surface area contributed by atoms with E-state index < -0.39 is 0 Å². The molecule has 0 unspecified atom stereocenters. The van der Waals surface area contributed by atoms with Gasteiger partial charge in [0.25, 0.3) is 0 Å². The zero-order chi connectivity index (χ0) is 8.01. The summed E-state index contributed by atoms with van der Waals surface area (Å²) in [5.41, 5.74) is 8.23. The molecule has 2 rings (SSSR count). The largest absolute Gasteiger partial charge is 0.384 e. The van der Waals surface area contributed by atoms with Crippen molar-refractivity contribution in [3.8, 4) is 0 Å². The van der Waals surface area contributed by atoms with Gasteiger partial charge in [0, 0.05) is 12.6 Å². The predicted octanol–water partition coefficient (Wildman–Crippen LogP) is 1.19. The van der Waals surface area contributed by atoms with Crippen LogP contribution in [0, 0.1) is 6.92 Å². The number of aromatic nitrogens is 2. The number of aryl methyl sites for hydroxylation is 2. The molecular weight excluding hydrogens is 138 g/mol. The van der Waals surface area contributed by atoms with Crippen LogP contribution in [0.3, 0.4) is 0 Å². The predicted molar refractivity (Wildman–Crippen MR) is 44.3 cm³/mol. The zero-order valence-corrected chi connectivity index (χ0v) is 6.96. The Bertz CT molecular complexity index is 284. The summed E-state index contributed by atoms with van der Waals surface area (Å²) in [5.74, 6) is 1.56. The first-order valence-corrected chi connectivity index (χ1v) is 3.99. The van der Waals surface area contributed by atoms with Crippen LogP contribution in [-0.2, 0) is 7.05 Å². The van der Waals surface area contributed by atoms with Gasteiger partial charge in [-0.25, -0.2) is 0 Å². The minimum Gasteiger partial charge on any atom is -0.384 e. The third kappa shape index (κ3) is 0.914. The van der Waals surface area contributed by atoms with Crippen molar-refractivity contribution in [2.75, 3.05) is 5.73 Å². The van der Waals surface area contributed by atoms with Crippen LogP contribution >= 0.6 is 0 Å². The summed E-state index contributed by atoms with van der Waals surface area (Å²) >= 11 is 0. The van der Waals surface area contributed by atoms with Gasteiger partial charge in [0.05, 0.1) is 5.69 Å². The lowest BCUT2D eigenvalue weighted by atomic mass is 10.1. The lowest BCUT2D eigenvalue weighted by Gasteiger charge is -1.96. The molecule has 0 amide bonds. The Morgan fingerprint density at radius 3 is 2.55 bits per heavy atom. The number of rotatable bonds is 1. The molecule has 2 N–H and O–H groups in total. The number of nitrogen functional groups attached to an aromatic ring is 1. The minimum atomic E-state index is 0.712. The summed E-state index contributed by atoms with van der Waals surface area (Å²) < 4.78 is 1.77. The first-order valence-electron chi connectivity index (χ1n) is 3.99. The second-order valence-corrected chi connectivity index (χ2v) is 3.28. The van der Waals surface area contributed by atoms with Gasteiger partial charge in [-0.2, -0.15) is 5.10 Å². The average molecular weight is 151 g/mol. The maximum Gasteiger partial charge on any atom is 0.125 e. The molecular formula is C8H13N3. The Kier molecular flexibility index (Phi) is 1.22. The highest BCUT2D eigenvalue weighted by Gasteiger charge is 2.29. The van der Waals surface area contributed by atoms with E-state index in [9.17, 15) is 0 Å². The smallest absolute Gasteiger partial charge is 0.125 e. The normalized spacial score (nSPS) is 17.3. The Morgan fingerprint density at radius 2 is 2.18 bits per heavy atom. The lowest BCUT2D eigenvalue weighted by molar-refractivity contribution is 0.767. The van der Waals surface area contributed by atoms with E-state index in [-0.39, 0.29) is 0 Å². The van der Waals surface area contributed by atoms with Crippen molar-refractivity contribution in [3.05, 3.63) is 11.3 Å². The van der Waals surface area contributed by atoms with E-state index in [1.807, 2.05) is 14.0 Å². The molecule has 0 aliphatic heterocycles. The summed E-state index contributed by atoms with van der Waals surface area (Å²) in [6.45, 7) is 2.03. The molecule has 0 bridgehead atoms. The maximum absolute atomic E-state index is 5.84. The molecule has 1 saturated carbocycles. The van der Waals surface area contributed by atoms with E-state index in [2.05, 4.69) is 5.10 Å². The van der Waals surface area contributed by atoms with Gasteiger partial charge in [-0.3, -0.25) is 4.68 Å². The molecule has 1 heterocycles. The molecule has 1 aliphatic carbocycles. The van der Waals surface area contributed by atoms with Crippen LogP contribution in [0.25, 0.3) is 0 Å². The first kappa shape index (κ1) is 6.70. The highest BCUT2D eigenvalue weighted by Crippen LogP contribution is 2.43. The molecule has 0 aromatic carbocycles. The molecule has 1 aromatic heterocycles. The summed E-state index contributed by atoms with van der Waals surface area (Å²) in [6.07, 6.45) is 2.58. The Labute approximate surface area is 66.2 Å². The summed E-state index contributed by atoms with van der Waals surface area (Å²) in [7, 11) is 1.90. The quantitative estimate of drug-likeness (QED) is 0.655. The van der Waals surface area contributed by atoms with Gasteiger partial charge >= 0.3 is 0 Å². The number of hydrogen-bond donors (Lipinski definition) is 1. The van der Waals surface area contributed by atoms with Crippen LogP contribution in [0.4, 0.5) is 5.82 Å². The third-order valence-electron chi connectivity index (χ3n) is 2.30. The molecule has 0 atom stereocenters. The lowest BCUT2D eigenvalue weighted by Crippen LogP contribution is -1.98. The molecule has 60 valence electrons. The summed E-state index contributed by atoms with van der Waals surface area (Å²) in [5, 5.41) is 4.26. The molecule has 0 spiro atoms. The van der Waals surface area contributed by atoms with Crippen molar-refractivity contribution in [1.82, 2.24) is 9.78 Å². The van der Waals surface area contributed by atoms with E-state index >= 15 is 0 Å². The Balaban J connectivity index is 2.50. The van der Waals surface area contributed by atoms with Crippen molar-refractivity contribution in [1.29, 1.82) is 0 Å². The van der Waals surface area contributed by atoms with Gasteiger partial charge in [-0.05, 0) is 25.7 Å². The van der Waals surface area contributed by atoms with Gasteiger partial charge in [-0.1, -0.05) is 0 Å². The Morgan fingerprint density at radius 1 is 1.55 bits per heavy atom. The van der Waals surface area contributed by atoms with E-state index in [0.717, 1.165) is 11.5 Å². The second-order valence-electron chi connectivity index (χ2n) is 3.28. The molecule has 1 aliphatic rings. The number of nitrogens with zero attached hydrogens (tertiary/aromatic N) is 2. The molecule has 1 fully saturated rings. The monoisotopic (exact) mass is 151 g/mol. The molecule has 11 heavy (non-hydrogen) atoms. The van der Waals surface area contributed by atoms with Crippen LogP contribution in [0.5, 0.6) is 0 Å². The molecule has 3 heteroatoms. The van der Waals surface area contributed by atoms with Gasteiger partial charge in [0.15, 0.2) is 0 Å². The van der Waals surface area contributed by atoms with E-state index in [1.54, 1.807) is 4.68 Å². The van der Waals surface area contributed by atoms with Crippen molar-refractivity contribution in [2.24, 2.45) is 7.05 Å². The summed E-state index contributed by atoms with van der Waals surface area (Å²) in [4.78, 5) is 0. The fraction of sp³-hybridized carbons (Fsp3) is 0.625. The van der Waals surface area contributed by atoms with Gasteiger partial charge in [-0.15, -0.1) is 0 Å². The van der Waals surface area contributed by atoms with E-state index in [0.29, 0.717) is 5.92 Å². The first-order chi connectivity index (χ1) is 5.20. The molecule has 3 nitrogen and oxygen atoms in total. The van der Waals surface area contributed by atoms with Crippen molar-refractivity contribution in [2.45, 2.75) is 25.7 Å². The SMILES string of the molecule is Cc1nn(C)c(N)c1C1CC1. The standard InChI is InChI=1S/C8H13N3/c1-5-7(6-3-4-6)8(9)11(2)10-5/h6H,3-4,9H2,1-2H3. The van der Waals surface area contributed by atoms with Crippen LogP contribution in [-0.4, -0.2) is 9.78 Å². The van der Waals surface area contributed by atoms with Crippen LogP contribution in [0.2, 0.25) is 0 Å².